The molecular formula is C18H19N. The first-order valence-electron chi connectivity index (χ1n) is 6.84. The van der Waals surface area contributed by atoms with E-state index in [1.54, 1.807) is 0 Å². The first-order valence-corrected chi connectivity index (χ1v) is 6.84. The fourth-order valence-corrected chi connectivity index (χ4v) is 2.25. The predicted octanol–water partition coefficient (Wildman–Crippen LogP) is 4.88. The predicted molar refractivity (Wildman–Crippen MR) is 79.9 cm³/mol. The van der Waals surface area contributed by atoms with Crippen LogP contribution in [0.5, 0.6) is 0 Å². The molecule has 2 rings (SSSR count). The summed E-state index contributed by atoms with van der Waals surface area (Å²) in [4.78, 5) is 0. The summed E-state index contributed by atoms with van der Waals surface area (Å²) in [7, 11) is 0. The minimum absolute atomic E-state index is 0.752. The van der Waals surface area contributed by atoms with E-state index in [-0.39, 0.29) is 0 Å². The Balaban J connectivity index is 2.43. The number of hydrogen-bond acceptors (Lipinski definition) is 1. The summed E-state index contributed by atoms with van der Waals surface area (Å²) in [6.07, 6.45) is 3.37. The van der Waals surface area contributed by atoms with Crippen LogP contribution < -0.4 is 0 Å². The van der Waals surface area contributed by atoms with Gasteiger partial charge in [0.2, 0.25) is 0 Å². The fourth-order valence-electron chi connectivity index (χ4n) is 2.25. The van der Waals surface area contributed by atoms with Gasteiger partial charge in [-0.1, -0.05) is 49.2 Å². The molecule has 0 fully saturated rings. The molecule has 0 amide bonds. The van der Waals surface area contributed by atoms with Crippen molar-refractivity contribution in [1.29, 1.82) is 5.26 Å². The number of benzene rings is 2. The average Bonchev–Trinajstić information content (AvgIpc) is 2.46. The molecule has 0 spiro atoms. The number of hydrogen-bond donors (Lipinski definition) is 0. The highest BCUT2D eigenvalue weighted by Crippen LogP contribution is 2.26. The number of aryl methyl sites for hydroxylation is 2. The lowest BCUT2D eigenvalue weighted by molar-refractivity contribution is 0.796. The van der Waals surface area contributed by atoms with E-state index in [1.165, 1.54) is 28.7 Å². The zero-order valence-corrected chi connectivity index (χ0v) is 11.6. The molecule has 0 atom stereocenters. The molecule has 0 aliphatic rings. The molecule has 0 N–H and O–H groups in total. The van der Waals surface area contributed by atoms with E-state index in [2.05, 4.69) is 50.2 Å². The van der Waals surface area contributed by atoms with Crippen molar-refractivity contribution >= 4 is 0 Å². The van der Waals surface area contributed by atoms with Gasteiger partial charge in [-0.05, 0) is 48.6 Å². The Morgan fingerprint density at radius 3 is 2.42 bits per heavy atom. The summed E-state index contributed by atoms with van der Waals surface area (Å²) < 4.78 is 0. The van der Waals surface area contributed by atoms with Crippen molar-refractivity contribution in [3.8, 4) is 17.2 Å². The molecule has 0 saturated heterocycles. The molecule has 1 nitrogen and oxygen atoms in total. The van der Waals surface area contributed by atoms with Crippen LogP contribution in [-0.4, -0.2) is 0 Å². The van der Waals surface area contributed by atoms with Crippen molar-refractivity contribution in [1.82, 2.24) is 0 Å². The molecule has 1 heteroatoms. The standard InChI is InChI=1S/C18H19N/c1-3-4-5-17-12-15(13-19)8-11-18(17)16-9-6-14(2)7-10-16/h6-12H,3-5H2,1-2H3. The number of nitrogens with zero attached hydrogens (tertiary/aromatic N) is 1. The first-order chi connectivity index (χ1) is 9.24. The highest BCUT2D eigenvalue weighted by Gasteiger charge is 2.06. The largest absolute Gasteiger partial charge is 0.192 e. The Morgan fingerprint density at radius 1 is 1.05 bits per heavy atom. The molecule has 2 aromatic rings. The van der Waals surface area contributed by atoms with Crippen molar-refractivity contribution in [2.24, 2.45) is 0 Å². The van der Waals surface area contributed by atoms with E-state index in [0.29, 0.717) is 0 Å². The van der Waals surface area contributed by atoms with Crippen LogP contribution in [0.3, 0.4) is 0 Å². The number of nitriles is 1. The highest BCUT2D eigenvalue weighted by molar-refractivity contribution is 5.68. The van der Waals surface area contributed by atoms with Gasteiger partial charge >= 0.3 is 0 Å². The topological polar surface area (TPSA) is 23.8 Å². The van der Waals surface area contributed by atoms with Crippen molar-refractivity contribution < 1.29 is 0 Å². The highest BCUT2D eigenvalue weighted by atomic mass is 14.2. The Morgan fingerprint density at radius 2 is 1.79 bits per heavy atom. The van der Waals surface area contributed by atoms with E-state index in [9.17, 15) is 0 Å². The maximum Gasteiger partial charge on any atom is 0.0991 e. The molecule has 2 aromatic carbocycles. The van der Waals surface area contributed by atoms with Crippen molar-refractivity contribution in [2.75, 3.05) is 0 Å². The van der Waals surface area contributed by atoms with Gasteiger partial charge in [0.15, 0.2) is 0 Å². The quantitative estimate of drug-likeness (QED) is 0.757. The molecule has 0 unspecified atom stereocenters. The molecule has 0 heterocycles. The zero-order valence-electron chi connectivity index (χ0n) is 11.6. The fraction of sp³-hybridized carbons (Fsp3) is 0.278. The minimum Gasteiger partial charge on any atom is -0.192 e. The van der Waals surface area contributed by atoms with Crippen LogP contribution in [0.1, 0.15) is 36.5 Å². The van der Waals surface area contributed by atoms with Gasteiger partial charge in [-0.15, -0.1) is 0 Å². The van der Waals surface area contributed by atoms with Crippen molar-refractivity contribution in [3.63, 3.8) is 0 Å². The second-order valence-electron chi connectivity index (χ2n) is 4.95. The monoisotopic (exact) mass is 249 g/mol. The van der Waals surface area contributed by atoms with Crippen LogP contribution in [0.15, 0.2) is 42.5 Å². The number of rotatable bonds is 4. The molecule has 0 aliphatic carbocycles. The molecule has 0 aromatic heterocycles. The summed E-state index contributed by atoms with van der Waals surface area (Å²) in [6, 6.07) is 16.8. The lowest BCUT2D eigenvalue weighted by Crippen LogP contribution is -1.92. The maximum absolute atomic E-state index is 9.04. The van der Waals surface area contributed by atoms with E-state index in [4.69, 9.17) is 5.26 Å². The van der Waals surface area contributed by atoms with E-state index in [0.717, 1.165) is 18.4 Å². The summed E-state index contributed by atoms with van der Waals surface area (Å²) in [5.41, 5.74) is 5.80. The smallest absolute Gasteiger partial charge is 0.0991 e. The van der Waals surface area contributed by atoms with Gasteiger partial charge in [-0.2, -0.15) is 5.26 Å². The van der Waals surface area contributed by atoms with Crippen LogP contribution in [0, 0.1) is 18.3 Å². The maximum atomic E-state index is 9.04. The van der Waals surface area contributed by atoms with Crippen LogP contribution in [-0.2, 0) is 6.42 Å². The van der Waals surface area contributed by atoms with Gasteiger partial charge < -0.3 is 0 Å². The van der Waals surface area contributed by atoms with Crippen molar-refractivity contribution in [3.05, 3.63) is 59.2 Å². The lowest BCUT2D eigenvalue weighted by atomic mass is 9.94. The molecule has 0 radical (unpaired) electrons. The molecule has 0 bridgehead atoms. The summed E-state index contributed by atoms with van der Waals surface area (Å²) in [5, 5.41) is 9.04. The normalized spacial score (nSPS) is 10.2. The third-order valence-electron chi connectivity index (χ3n) is 3.40. The van der Waals surface area contributed by atoms with E-state index < -0.39 is 0 Å². The second kappa shape index (κ2) is 6.20. The number of unbranched alkanes of at least 4 members (excludes halogenated alkanes) is 1. The van der Waals surface area contributed by atoms with Crippen LogP contribution >= 0.6 is 0 Å². The van der Waals surface area contributed by atoms with Gasteiger partial charge in [-0.25, -0.2) is 0 Å². The third-order valence-corrected chi connectivity index (χ3v) is 3.40. The summed E-state index contributed by atoms with van der Waals surface area (Å²) >= 11 is 0. The van der Waals surface area contributed by atoms with Gasteiger partial charge in [-0.3, -0.25) is 0 Å². The molecule has 96 valence electrons. The Labute approximate surface area is 115 Å². The summed E-state index contributed by atoms with van der Waals surface area (Å²) in [6.45, 7) is 4.29. The second-order valence-corrected chi connectivity index (χ2v) is 4.95. The van der Waals surface area contributed by atoms with Crippen LogP contribution in [0.4, 0.5) is 0 Å². The Kier molecular flexibility index (Phi) is 4.36. The Hall–Kier alpha value is -2.07. The van der Waals surface area contributed by atoms with Crippen LogP contribution in [0.25, 0.3) is 11.1 Å². The lowest BCUT2D eigenvalue weighted by Gasteiger charge is -2.10. The summed E-state index contributed by atoms with van der Waals surface area (Å²) in [5.74, 6) is 0. The van der Waals surface area contributed by atoms with Crippen molar-refractivity contribution in [2.45, 2.75) is 33.1 Å². The first kappa shape index (κ1) is 13.4. The van der Waals surface area contributed by atoms with Gasteiger partial charge in [0.25, 0.3) is 0 Å². The average molecular weight is 249 g/mol. The zero-order chi connectivity index (χ0) is 13.7. The van der Waals surface area contributed by atoms with Crippen LogP contribution in [0.2, 0.25) is 0 Å². The Bertz CT molecular complexity index is 588. The minimum atomic E-state index is 0.752. The molecule has 0 saturated carbocycles. The van der Waals surface area contributed by atoms with Gasteiger partial charge in [0.1, 0.15) is 0 Å². The molecule has 19 heavy (non-hydrogen) atoms. The third kappa shape index (κ3) is 3.23. The van der Waals surface area contributed by atoms with Gasteiger partial charge in [0.05, 0.1) is 11.6 Å². The van der Waals surface area contributed by atoms with E-state index in [1.807, 2.05) is 12.1 Å². The molecule has 0 aliphatic heterocycles. The molecular weight excluding hydrogens is 230 g/mol. The van der Waals surface area contributed by atoms with E-state index >= 15 is 0 Å². The SMILES string of the molecule is CCCCc1cc(C#N)ccc1-c1ccc(C)cc1. The van der Waals surface area contributed by atoms with Gasteiger partial charge in [0, 0.05) is 0 Å².